The van der Waals surface area contributed by atoms with Crippen LogP contribution in [0.4, 0.5) is 0 Å². The number of fused-ring (bicyclic) bond motifs is 2. The molecule has 9 nitrogen and oxygen atoms in total. The zero-order valence-electron chi connectivity index (χ0n) is 15.8. The summed E-state index contributed by atoms with van der Waals surface area (Å²) in [5.41, 5.74) is 0. The SMILES string of the molecule is CC1(C)O[C@H]2O[C@H](CO)[C@@H](O)[C@H]2O1.CC[C@H]1O[C@@H]2OC(C)(C)O[C@@H]2[C@@H]1O. The molecule has 8 atom stereocenters. The Morgan fingerprint density at radius 2 is 1.15 bits per heavy atom. The van der Waals surface area contributed by atoms with E-state index in [9.17, 15) is 10.2 Å². The lowest BCUT2D eigenvalue weighted by atomic mass is 10.1. The van der Waals surface area contributed by atoms with E-state index in [-0.39, 0.29) is 18.8 Å². The molecular weight excluding hydrogens is 348 g/mol. The number of hydrogen-bond donors (Lipinski definition) is 3. The molecule has 0 amide bonds. The van der Waals surface area contributed by atoms with Crippen molar-refractivity contribution in [3.8, 4) is 0 Å². The first kappa shape index (κ1) is 20.4. The third-order valence-corrected chi connectivity index (χ3v) is 4.81. The summed E-state index contributed by atoms with van der Waals surface area (Å²) in [6.07, 6.45) is -3.07. The van der Waals surface area contributed by atoms with E-state index in [1.54, 1.807) is 13.8 Å². The number of aliphatic hydroxyl groups excluding tert-OH is 3. The van der Waals surface area contributed by atoms with E-state index in [0.29, 0.717) is 0 Å². The normalized spacial score (nSPS) is 48.0. The van der Waals surface area contributed by atoms with Crippen LogP contribution in [0.5, 0.6) is 0 Å². The van der Waals surface area contributed by atoms with Gasteiger partial charge in [-0.05, 0) is 34.1 Å². The molecule has 26 heavy (non-hydrogen) atoms. The highest BCUT2D eigenvalue weighted by molar-refractivity contribution is 4.93. The molecule has 4 aliphatic heterocycles. The topological polar surface area (TPSA) is 116 Å². The fraction of sp³-hybridized carbons (Fsp3) is 1.00. The predicted molar refractivity (Wildman–Crippen MR) is 86.8 cm³/mol. The summed E-state index contributed by atoms with van der Waals surface area (Å²) in [4.78, 5) is 0. The van der Waals surface area contributed by atoms with Crippen molar-refractivity contribution in [1.82, 2.24) is 0 Å². The van der Waals surface area contributed by atoms with Crippen molar-refractivity contribution in [2.24, 2.45) is 0 Å². The zero-order chi connectivity index (χ0) is 19.3. The molecule has 4 heterocycles. The molecule has 4 saturated heterocycles. The van der Waals surface area contributed by atoms with Crippen LogP contribution in [-0.2, 0) is 28.4 Å². The lowest BCUT2D eigenvalue weighted by Gasteiger charge is -2.22. The zero-order valence-corrected chi connectivity index (χ0v) is 15.8. The van der Waals surface area contributed by atoms with Crippen LogP contribution in [0.3, 0.4) is 0 Å². The Labute approximate surface area is 153 Å². The summed E-state index contributed by atoms with van der Waals surface area (Å²) in [6, 6.07) is 0. The summed E-state index contributed by atoms with van der Waals surface area (Å²) in [6.45, 7) is 8.91. The maximum atomic E-state index is 9.76. The Hall–Kier alpha value is -0.360. The van der Waals surface area contributed by atoms with Crippen molar-refractivity contribution in [3.63, 3.8) is 0 Å². The van der Waals surface area contributed by atoms with Gasteiger partial charge in [0.15, 0.2) is 24.2 Å². The fourth-order valence-corrected chi connectivity index (χ4v) is 3.60. The molecule has 0 aromatic heterocycles. The molecule has 0 radical (unpaired) electrons. The molecule has 0 aromatic carbocycles. The van der Waals surface area contributed by atoms with Crippen LogP contribution in [-0.4, -0.2) is 82.7 Å². The van der Waals surface area contributed by atoms with Crippen LogP contribution in [0.2, 0.25) is 0 Å². The van der Waals surface area contributed by atoms with Crippen molar-refractivity contribution < 1.29 is 43.7 Å². The van der Waals surface area contributed by atoms with Gasteiger partial charge in [0.05, 0.1) is 12.7 Å². The summed E-state index contributed by atoms with van der Waals surface area (Å²) >= 11 is 0. The van der Waals surface area contributed by atoms with Gasteiger partial charge in [-0.25, -0.2) is 0 Å². The first-order chi connectivity index (χ1) is 12.1. The van der Waals surface area contributed by atoms with Gasteiger partial charge in [0.2, 0.25) is 0 Å². The molecule has 9 heteroatoms. The Kier molecular flexibility index (Phi) is 5.67. The molecule has 3 N–H and O–H groups in total. The Morgan fingerprint density at radius 1 is 0.731 bits per heavy atom. The van der Waals surface area contributed by atoms with Gasteiger partial charge >= 0.3 is 0 Å². The van der Waals surface area contributed by atoms with Gasteiger partial charge in [0.25, 0.3) is 0 Å². The van der Waals surface area contributed by atoms with Crippen molar-refractivity contribution in [1.29, 1.82) is 0 Å². The van der Waals surface area contributed by atoms with Crippen LogP contribution in [0.25, 0.3) is 0 Å². The van der Waals surface area contributed by atoms with Crippen molar-refractivity contribution in [3.05, 3.63) is 0 Å². The average molecular weight is 378 g/mol. The molecule has 0 aliphatic carbocycles. The minimum absolute atomic E-state index is 0.147. The summed E-state index contributed by atoms with van der Waals surface area (Å²) < 4.78 is 32.5. The number of aliphatic hydroxyl groups is 3. The quantitative estimate of drug-likeness (QED) is 0.603. The molecule has 0 spiro atoms. The Bertz CT molecular complexity index is 453. The first-order valence-electron chi connectivity index (χ1n) is 9.06. The lowest BCUT2D eigenvalue weighted by molar-refractivity contribution is -0.218. The van der Waals surface area contributed by atoms with E-state index in [1.807, 2.05) is 20.8 Å². The molecule has 0 bridgehead atoms. The third-order valence-electron chi connectivity index (χ3n) is 4.81. The minimum Gasteiger partial charge on any atom is -0.394 e. The number of hydrogen-bond acceptors (Lipinski definition) is 9. The number of ether oxygens (including phenoxy) is 6. The predicted octanol–water partition coefficient (Wildman–Crippen LogP) is -0.150. The highest BCUT2D eigenvalue weighted by atomic mass is 16.8. The van der Waals surface area contributed by atoms with E-state index in [2.05, 4.69) is 0 Å². The van der Waals surface area contributed by atoms with Gasteiger partial charge in [-0.1, -0.05) is 6.92 Å². The summed E-state index contributed by atoms with van der Waals surface area (Å²) in [5.74, 6) is -1.34. The van der Waals surface area contributed by atoms with Gasteiger partial charge in [-0.2, -0.15) is 0 Å². The smallest absolute Gasteiger partial charge is 0.190 e. The van der Waals surface area contributed by atoms with Gasteiger partial charge < -0.3 is 43.7 Å². The molecule has 4 rings (SSSR count). The second-order valence-electron chi connectivity index (χ2n) is 7.86. The van der Waals surface area contributed by atoms with E-state index in [4.69, 9.17) is 33.5 Å². The summed E-state index contributed by atoms with van der Waals surface area (Å²) in [5, 5.41) is 28.2. The van der Waals surface area contributed by atoms with E-state index in [0.717, 1.165) is 6.42 Å². The second kappa shape index (κ2) is 7.23. The van der Waals surface area contributed by atoms with Gasteiger partial charge in [0.1, 0.15) is 30.5 Å². The largest absolute Gasteiger partial charge is 0.394 e. The average Bonchev–Trinajstić information content (AvgIpc) is 3.20. The molecule has 0 aromatic rings. The number of rotatable bonds is 2. The maximum Gasteiger partial charge on any atom is 0.190 e. The van der Waals surface area contributed by atoms with E-state index in [1.165, 1.54) is 0 Å². The van der Waals surface area contributed by atoms with Crippen LogP contribution >= 0.6 is 0 Å². The van der Waals surface area contributed by atoms with Crippen molar-refractivity contribution in [2.75, 3.05) is 6.61 Å². The molecule has 0 saturated carbocycles. The lowest BCUT2D eigenvalue weighted by Crippen LogP contribution is -2.36. The van der Waals surface area contributed by atoms with Crippen LogP contribution < -0.4 is 0 Å². The van der Waals surface area contributed by atoms with Crippen LogP contribution in [0.1, 0.15) is 41.0 Å². The van der Waals surface area contributed by atoms with Gasteiger partial charge in [0, 0.05) is 0 Å². The Morgan fingerprint density at radius 3 is 1.54 bits per heavy atom. The van der Waals surface area contributed by atoms with E-state index >= 15 is 0 Å². The summed E-state index contributed by atoms with van der Waals surface area (Å²) in [7, 11) is 0. The van der Waals surface area contributed by atoms with E-state index < -0.39 is 48.6 Å². The monoisotopic (exact) mass is 378 g/mol. The van der Waals surface area contributed by atoms with Crippen molar-refractivity contribution in [2.45, 2.75) is 102 Å². The van der Waals surface area contributed by atoms with Gasteiger partial charge in [-0.15, -0.1) is 0 Å². The maximum absolute atomic E-state index is 9.76. The molecule has 152 valence electrons. The van der Waals surface area contributed by atoms with Gasteiger partial charge in [-0.3, -0.25) is 0 Å². The highest BCUT2D eigenvalue weighted by Crippen LogP contribution is 2.38. The van der Waals surface area contributed by atoms with Crippen LogP contribution in [0, 0.1) is 0 Å². The standard InChI is InChI=1S/C9H16O4.C8H14O5/c1-4-5-6(10)7-8(11-5)13-9(2,3)12-7;1-8(2)12-6-5(10)4(3-9)11-7(6)13-8/h5-8,10H,4H2,1-3H3;4-7,9-10H,3H2,1-2H3/t5-,6-,7-,8-;4-,5-,6-,7-/m11/s1. The minimum atomic E-state index is -0.809. The second-order valence-corrected chi connectivity index (χ2v) is 7.86. The molecular formula is C17H30O9. The molecule has 4 aliphatic rings. The fourth-order valence-electron chi connectivity index (χ4n) is 3.60. The Balaban J connectivity index is 0.000000151. The highest BCUT2D eigenvalue weighted by Gasteiger charge is 2.54. The third kappa shape index (κ3) is 3.91. The van der Waals surface area contributed by atoms with Crippen molar-refractivity contribution >= 4 is 0 Å². The first-order valence-corrected chi connectivity index (χ1v) is 9.06. The van der Waals surface area contributed by atoms with Crippen LogP contribution in [0.15, 0.2) is 0 Å². The molecule has 4 fully saturated rings. The molecule has 0 unspecified atom stereocenters.